The molecule has 1 N–H and O–H groups in total. The molecule has 1 fully saturated rings. The number of halogens is 3. The number of fused-ring (bicyclic) bond motifs is 1. The molecule has 142 valence electrons. The van der Waals surface area contributed by atoms with E-state index in [9.17, 15) is 18.0 Å². The summed E-state index contributed by atoms with van der Waals surface area (Å²) in [5.41, 5.74) is -0.684. The van der Waals surface area contributed by atoms with Gasteiger partial charge in [-0.1, -0.05) is 6.07 Å². The first-order chi connectivity index (χ1) is 12.8. The highest BCUT2D eigenvalue weighted by Crippen LogP contribution is 2.34. The van der Waals surface area contributed by atoms with Crippen molar-refractivity contribution >= 4 is 17.0 Å². The summed E-state index contributed by atoms with van der Waals surface area (Å²) in [5, 5.41) is 4.27. The van der Waals surface area contributed by atoms with Gasteiger partial charge in [-0.05, 0) is 24.6 Å². The molecule has 27 heavy (non-hydrogen) atoms. The first kappa shape index (κ1) is 17.5. The monoisotopic (exact) mass is 379 g/mol. The Labute approximate surface area is 151 Å². The second-order valence-electron chi connectivity index (χ2n) is 6.32. The molecule has 0 atom stereocenters. The second-order valence-corrected chi connectivity index (χ2v) is 6.32. The number of anilines is 1. The van der Waals surface area contributed by atoms with Crippen LogP contribution in [0.15, 0.2) is 29.2 Å². The number of hydrogen-bond donors (Lipinski definition) is 1. The molecule has 4 rings (SSSR count). The van der Waals surface area contributed by atoms with Crippen molar-refractivity contribution in [1.82, 2.24) is 19.7 Å². The Kier molecular flexibility index (Phi) is 4.14. The van der Waals surface area contributed by atoms with Crippen molar-refractivity contribution in [3.63, 3.8) is 0 Å². The van der Waals surface area contributed by atoms with Gasteiger partial charge in [-0.2, -0.15) is 18.2 Å². The highest BCUT2D eigenvalue weighted by atomic mass is 19.4. The summed E-state index contributed by atoms with van der Waals surface area (Å²) < 4.78 is 46.4. The topological polar surface area (TPSA) is 76.0 Å². The standard InChI is InChI=1S/C17H16F3N5O2/c1-10-2-3-12(17(18,19)20)13(8-10)25-9-11-14(23-25)21-16(22-15(11)26)24-4-6-27-7-5-24/h2-3,8-9H,4-7H2,1H3,(H,21,22,23,26). The predicted octanol–water partition coefficient (Wildman–Crippen LogP) is 2.27. The fraction of sp³-hybridized carbons (Fsp3) is 0.353. The van der Waals surface area contributed by atoms with E-state index >= 15 is 0 Å². The van der Waals surface area contributed by atoms with Crippen LogP contribution in [0.3, 0.4) is 0 Å². The van der Waals surface area contributed by atoms with E-state index in [-0.39, 0.29) is 16.7 Å². The maximum absolute atomic E-state index is 13.4. The molecule has 0 bridgehead atoms. The van der Waals surface area contributed by atoms with Gasteiger partial charge in [0.1, 0.15) is 5.39 Å². The first-order valence-electron chi connectivity index (χ1n) is 8.33. The van der Waals surface area contributed by atoms with Gasteiger partial charge in [0.25, 0.3) is 5.56 Å². The van der Waals surface area contributed by atoms with Gasteiger partial charge in [0.15, 0.2) is 5.65 Å². The van der Waals surface area contributed by atoms with Crippen LogP contribution in [0.5, 0.6) is 0 Å². The van der Waals surface area contributed by atoms with Gasteiger partial charge in [-0.15, -0.1) is 5.10 Å². The molecule has 3 heterocycles. The van der Waals surface area contributed by atoms with E-state index in [0.29, 0.717) is 37.8 Å². The van der Waals surface area contributed by atoms with Crippen molar-refractivity contribution in [3.05, 3.63) is 45.9 Å². The lowest BCUT2D eigenvalue weighted by molar-refractivity contribution is -0.137. The van der Waals surface area contributed by atoms with Crippen LogP contribution >= 0.6 is 0 Å². The van der Waals surface area contributed by atoms with E-state index in [1.807, 2.05) is 4.90 Å². The summed E-state index contributed by atoms with van der Waals surface area (Å²) in [6, 6.07) is 3.77. The molecule has 0 saturated carbocycles. The first-order valence-corrected chi connectivity index (χ1v) is 8.33. The lowest BCUT2D eigenvalue weighted by atomic mass is 10.1. The summed E-state index contributed by atoms with van der Waals surface area (Å²) in [5.74, 6) is 0.335. The SMILES string of the molecule is Cc1ccc(C(F)(F)F)c(-n2cc3c(=O)[nH]c(N4CCOCC4)nc3n2)c1. The Morgan fingerprint density at radius 2 is 1.96 bits per heavy atom. The van der Waals surface area contributed by atoms with Crippen molar-refractivity contribution in [2.24, 2.45) is 0 Å². The number of ether oxygens (including phenoxy) is 1. The molecule has 7 nitrogen and oxygen atoms in total. The van der Waals surface area contributed by atoms with Crippen molar-refractivity contribution in [1.29, 1.82) is 0 Å². The third-order valence-electron chi connectivity index (χ3n) is 4.39. The summed E-state index contributed by atoms with van der Waals surface area (Å²) in [6.45, 7) is 3.83. The molecule has 0 unspecified atom stereocenters. The molecule has 0 spiro atoms. The van der Waals surface area contributed by atoms with Gasteiger partial charge < -0.3 is 9.64 Å². The van der Waals surface area contributed by atoms with Crippen LogP contribution in [-0.4, -0.2) is 46.1 Å². The van der Waals surface area contributed by atoms with Crippen molar-refractivity contribution in [2.75, 3.05) is 31.2 Å². The van der Waals surface area contributed by atoms with Gasteiger partial charge in [-0.3, -0.25) is 9.78 Å². The minimum atomic E-state index is -4.54. The summed E-state index contributed by atoms with van der Waals surface area (Å²) >= 11 is 0. The summed E-state index contributed by atoms with van der Waals surface area (Å²) in [7, 11) is 0. The number of aryl methyl sites for hydroxylation is 1. The number of alkyl halides is 3. The van der Waals surface area contributed by atoms with Gasteiger partial charge in [0.05, 0.1) is 24.5 Å². The molecular formula is C17H16F3N5O2. The predicted molar refractivity (Wildman–Crippen MR) is 92.3 cm³/mol. The second kappa shape index (κ2) is 6.38. The molecule has 1 aromatic carbocycles. The van der Waals surface area contributed by atoms with Crippen LogP contribution in [0.1, 0.15) is 11.1 Å². The lowest BCUT2D eigenvalue weighted by Gasteiger charge is -2.26. The average Bonchev–Trinajstić information content (AvgIpc) is 3.06. The Morgan fingerprint density at radius 3 is 2.67 bits per heavy atom. The van der Waals surface area contributed by atoms with Crippen molar-refractivity contribution < 1.29 is 17.9 Å². The minimum Gasteiger partial charge on any atom is -0.378 e. The molecular weight excluding hydrogens is 363 g/mol. The number of aromatic nitrogens is 4. The molecule has 1 aliphatic rings. The van der Waals surface area contributed by atoms with Crippen LogP contribution < -0.4 is 10.5 Å². The number of H-pyrrole nitrogens is 1. The third kappa shape index (κ3) is 3.27. The van der Waals surface area contributed by atoms with Crippen LogP contribution in [0.2, 0.25) is 0 Å². The number of hydrogen-bond acceptors (Lipinski definition) is 5. The molecule has 1 aliphatic heterocycles. The number of morpholine rings is 1. The molecule has 2 aromatic heterocycles. The summed E-state index contributed by atoms with van der Waals surface area (Å²) in [4.78, 5) is 21.2. The van der Waals surface area contributed by atoms with Crippen LogP contribution in [0.25, 0.3) is 16.7 Å². The smallest absolute Gasteiger partial charge is 0.378 e. The Hall–Kier alpha value is -2.88. The largest absolute Gasteiger partial charge is 0.418 e. The van der Waals surface area contributed by atoms with E-state index in [2.05, 4.69) is 15.1 Å². The fourth-order valence-corrected chi connectivity index (χ4v) is 3.02. The highest BCUT2D eigenvalue weighted by Gasteiger charge is 2.34. The van der Waals surface area contributed by atoms with E-state index in [1.54, 1.807) is 6.92 Å². The maximum Gasteiger partial charge on any atom is 0.418 e. The van der Waals surface area contributed by atoms with E-state index < -0.39 is 17.3 Å². The number of nitrogens with one attached hydrogen (secondary N) is 1. The highest BCUT2D eigenvalue weighted by molar-refractivity contribution is 5.75. The summed E-state index contributed by atoms with van der Waals surface area (Å²) in [6.07, 6.45) is -3.27. The minimum absolute atomic E-state index is 0.0925. The Balaban J connectivity index is 1.84. The van der Waals surface area contributed by atoms with Crippen LogP contribution in [-0.2, 0) is 10.9 Å². The Bertz CT molecular complexity index is 1050. The third-order valence-corrected chi connectivity index (χ3v) is 4.39. The van der Waals surface area contributed by atoms with Gasteiger partial charge in [-0.25, -0.2) is 4.68 Å². The van der Waals surface area contributed by atoms with Crippen molar-refractivity contribution in [2.45, 2.75) is 13.1 Å². The number of benzene rings is 1. The number of aromatic amines is 1. The van der Waals surface area contributed by atoms with E-state index in [0.717, 1.165) is 10.7 Å². The quantitative estimate of drug-likeness (QED) is 0.739. The van der Waals surface area contributed by atoms with Crippen LogP contribution in [0, 0.1) is 6.92 Å². The van der Waals surface area contributed by atoms with Gasteiger partial charge in [0.2, 0.25) is 5.95 Å². The van der Waals surface area contributed by atoms with Crippen LogP contribution in [0.4, 0.5) is 19.1 Å². The lowest BCUT2D eigenvalue weighted by Crippen LogP contribution is -2.38. The molecule has 0 aliphatic carbocycles. The zero-order chi connectivity index (χ0) is 19.2. The molecule has 0 radical (unpaired) electrons. The number of nitrogens with zero attached hydrogens (tertiary/aromatic N) is 4. The molecule has 0 amide bonds. The molecule has 1 saturated heterocycles. The zero-order valence-corrected chi connectivity index (χ0v) is 14.4. The van der Waals surface area contributed by atoms with Gasteiger partial charge in [0, 0.05) is 19.3 Å². The zero-order valence-electron chi connectivity index (χ0n) is 14.4. The molecule has 3 aromatic rings. The normalized spacial score (nSPS) is 15.5. The average molecular weight is 379 g/mol. The van der Waals surface area contributed by atoms with E-state index in [4.69, 9.17) is 4.74 Å². The van der Waals surface area contributed by atoms with E-state index in [1.165, 1.54) is 18.3 Å². The van der Waals surface area contributed by atoms with Crippen molar-refractivity contribution in [3.8, 4) is 5.69 Å². The molecule has 10 heteroatoms. The van der Waals surface area contributed by atoms with Gasteiger partial charge >= 0.3 is 6.18 Å². The number of rotatable bonds is 2. The maximum atomic E-state index is 13.4. The fourth-order valence-electron chi connectivity index (χ4n) is 3.02. The Morgan fingerprint density at radius 1 is 1.22 bits per heavy atom.